The van der Waals surface area contributed by atoms with E-state index in [1.165, 1.54) is 6.33 Å². The van der Waals surface area contributed by atoms with Crippen molar-refractivity contribution in [1.82, 2.24) is 30.6 Å². The van der Waals surface area contributed by atoms with Gasteiger partial charge in [0.1, 0.15) is 12.1 Å². The fourth-order valence-electron chi connectivity index (χ4n) is 6.46. The lowest BCUT2D eigenvalue weighted by molar-refractivity contribution is -0.132. The van der Waals surface area contributed by atoms with Crippen LogP contribution in [0.1, 0.15) is 96.7 Å². The molecule has 5 atom stereocenters. The lowest BCUT2D eigenvalue weighted by atomic mass is 9.82. The first-order valence-corrected chi connectivity index (χ1v) is 19.6. The molecule has 3 rings (SSSR count). The zero-order chi connectivity index (χ0) is 36.7. The van der Waals surface area contributed by atoms with Gasteiger partial charge in [-0.2, -0.15) is 0 Å². The number of aliphatic hydroxyl groups is 1. The van der Waals surface area contributed by atoms with E-state index in [2.05, 4.69) is 30.6 Å². The number of amides is 3. The van der Waals surface area contributed by atoms with Crippen LogP contribution >= 0.6 is 0 Å². The Morgan fingerprint density at radius 2 is 1.68 bits per heavy atom. The second-order valence-electron chi connectivity index (χ2n) is 14.7. The molecule has 3 amide bonds. The quantitative estimate of drug-likeness (QED) is 0.102. The Balaban J connectivity index is 1.81. The van der Waals surface area contributed by atoms with Gasteiger partial charge in [0.05, 0.1) is 29.9 Å². The fourth-order valence-corrected chi connectivity index (χ4v) is 7.68. The van der Waals surface area contributed by atoms with Gasteiger partial charge in [-0.15, -0.1) is 0 Å². The first-order chi connectivity index (χ1) is 23.6. The number of nitrogens with zero attached hydrogens (tertiary/aromatic N) is 1. The van der Waals surface area contributed by atoms with E-state index in [1.807, 2.05) is 37.3 Å². The summed E-state index contributed by atoms with van der Waals surface area (Å²) in [5, 5.41) is 20.2. The van der Waals surface area contributed by atoms with Crippen LogP contribution in [0.15, 0.2) is 42.9 Å². The second-order valence-corrected chi connectivity index (χ2v) is 16.7. The van der Waals surface area contributed by atoms with E-state index in [4.69, 9.17) is 5.73 Å². The highest BCUT2D eigenvalue weighted by Crippen LogP contribution is 2.29. The Morgan fingerprint density at radius 1 is 1.02 bits per heavy atom. The van der Waals surface area contributed by atoms with Gasteiger partial charge in [0.15, 0.2) is 0 Å². The van der Waals surface area contributed by atoms with Crippen LogP contribution < -0.4 is 26.4 Å². The minimum atomic E-state index is -3.40. The van der Waals surface area contributed by atoms with Gasteiger partial charge in [-0.25, -0.2) is 18.1 Å². The number of nitrogens with one attached hydrogen (secondary N) is 5. The second kappa shape index (κ2) is 19.9. The van der Waals surface area contributed by atoms with E-state index < -0.39 is 51.6 Å². The Bertz CT molecular complexity index is 1430. The number of hydrogen-bond donors (Lipinski definition) is 7. The molecule has 0 bridgehead atoms. The van der Waals surface area contributed by atoms with E-state index in [9.17, 15) is 27.9 Å². The van der Waals surface area contributed by atoms with Crippen molar-refractivity contribution in [2.24, 2.45) is 17.6 Å². The summed E-state index contributed by atoms with van der Waals surface area (Å²) in [7, 11) is -3.40. The molecule has 1 aromatic heterocycles. The first-order valence-electron chi connectivity index (χ1n) is 18.0. The van der Waals surface area contributed by atoms with Crippen molar-refractivity contribution in [2.45, 2.75) is 128 Å². The van der Waals surface area contributed by atoms with Crippen molar-refractivity contribution in [3.63, 3.8) is 0 Å². The fraction of sp³-hybridized carbons (Fsp3) is 0.667. The molecule has 1 aliphatic rings. The standard InChI is InChI=1S/C36H59N7O6S/c1-5-16-50(48,49)40-22-25(2)17-32(44)29(18-26-12-8-6-9-13-26)42-35(47)31(20-28-23-38-24-39-28)43-34(46)30(19-27-14-10-7-11-15-27)41-33(45)21-36(3,4)37/h7,10-11,14-15,23-26,29-32,40,44H,5-6,8-9,12-13,16-22,37H2,1-4H3,(H,38,39)(H,41,45)(H,42,47)(H,43,46)/t25-,29+,30+,31+,32+/m1/s1. The molecular weight excluding hydrogens is 659 g/mol. The van der Waals surface area contributed by atoms with Gasteiger partial charge in [-0.3, -0.25) is 14.4 Å². The average molecular weight is 718 g/mol. The summed E-state index contributed by atoms with van der Waals surface area (Å²) < 4.78 is 27.1. The Kier molecular flexibility index (Phi) is 16.4. The number of benzene rings is 1. The monoisotopic (exact) mass is 717 g/mol. The highest BCUT2D eigenvalue weighted by molar-refractivity contribution is 7.89. The zero-order valence-electron chi connectivity index (χ0n) is 30.1. The predicted molar refractivity (Wildman–Crippen MR) is 194 cm³/mol. The number of carbonyl (C=O) groups excluding carboxylic acids is 3. The number of imidazole rings is 1. The number of nitrogens with two attached hydrogens (primary N) is 1. The third kappa shape index (κ3) is 15.3. The van der Waals surface area contributed by atoms with Crippen LogP contribution in [-0.2, 0) is 37.2 Å². The number of aromatic amines is 1. The number of aliphatic hydroxyl groups excluding tert-OH is 1. The van der Waals surface area contributed by atoms with E-state index in [1.54, 1.807) is 27.0 Å². The molecule has 2 aromatic rings. The summed E-state index contributed by atoms with van der Waals surface area (Å²) in [6, 6.07) is 6.62. The molecule has 8 N–H and O–H groups in total. The zero-order valence-corrected chi connectivity index (χ0v) is 30.9. The first kappa shape index (κ1) is 41.1. The number of rotatable bonds is 21. The maximum Gasteiger partial charge on any atom is 0.243 e. The molecule has 280 valence electrons. The molecule has 0 unspecified atom stereocenters. The van der Waals surface area contributed by atoms with Gasteiger partial charge in [-0.1, -0.05) is 76.3 Å². The molecule has 50 heavy (non-hydrogen) atoms. The van der Waals surface area contributed by atoms with Gasteiger partial charge in [0.25, 0.3) is 0 Å². The Hall–Kier alpha value is -3.33. The van der Waals surface area contributed by atoms with E-state index >= 15 is 0 Å². The molecule has 13 nitrogen and oxygen atoms in total. The highest BCUT2D eigenvalue weighted by atomic mass is 32.2. The van der Waals surface area contributed by atoms with Crippen molar-refractivity contribution in [3.8, 4) is 0 Å². The molecule has 0 saturated heterocycles. The molecule has 0 spiro atoms. The molecule has 1 aromatic carbocycles. The molecular formula is C36H59N7O6S. The van der Waals surface area contributed by atoms with Crippen molar-refractivity contribution >= 4 is 27.7 Å². The van der Waals surface area contributed by atoms with E-state index in [0.29, 0.717) is 24.5 Å². The van der Waals surface area contributed by atoms with E-state index in [-0.39, 0.29) is 49.8 Å². The van der Waals surface area contributed by atoms with E-state index in [0.717, 1.165) is 37.7 Å². The summed E-state index contributed by atoms with van der Waals surface area (Å²) in [5.41, 5.74) is 6.67. The number of sulfonamides is 1. The molecule has 1 heterocycles. The predicted octanol–water partition coefficient (Wildman–Crippen LogP) is 2.46. The lowest BCUT2D eigenvalue weighted by Crippen LogP contribution is -2.58. The van der Waals surface area contributed by atoms with Gasteiger partial charge in [0, 0.05) is 37.5 Å². The van der Waals surface area contributed by atoms with Crippen molar-refractivity contribution in [3.05, 3.63) is 54.1 Å². The molecule has 0 radical (unpaired) electrons. The number of aromatic nitrogens is 2. The molecule has 14 heteroatoms. The Morgan fingerprint density at radius 3 is 2.30 bits per heavy atom. The van der Waals surface area contributed by atoms with Crippen LogP contribution in [0, 0.1) is 11.8 Å². The number of hydrogen-bond acceptors (Lipinski definition) is 8. The van der Waals surface area contributed by atoms with Gasteiger partial charge in [-0.05, 0) is 50.5 Å². The van der Waals surface area contributed by atoms with Crippen molar-refractivity contribution in [2.75, 3.05) is 12.3 Å². The number of H-pyrrole nitrogens is 1. The van der Waals surface area contributed by atoms with Crippen molar-refractivity contribution in [1.29, 1.82) is 0 Å². The summed E-state index contributed by atoms with van der Waals surface area (Å²) in [4.78, 5) is 48.1. The maximum absolute atomic E-state index is 14.1. The molecule has 1 fully saturated rings. The smallest absolute Gasteiger partial charge is 0.243 e. The summed E-state index contributed by atoms with van der Waals surface area (Å²) in [6.45, 7) is 7.30. The van der Waals surface area contributed by atoms with Crippen LogP contribution in [0.3, 0.4) is 0 Å². The van der Waals surface area contributed by atoms with Crippen LogP contribution in [0.5, 0.6) is 0 Å². The maximum atomic E-state index is 14.1. The minimum absolute atomic E-state index is 0.00195. The molecule has 1 aliphatic carbocycles. The third-order valence-electron chi connectivity index (χ3n) is 9.02. The van der Waals surface area contributed by atoms with Crippen LogP contribution in [0.2, 0.25) is 0 Å². The van der Waals surface area contributed by atoms with Gasteiger partial charge >= 0.3 is 0 Å². The number of carbonyl (C=O) groups is 3. The topological polar surface area (TPSA) is 208 Å². The van der Waals surface area contributed by atoms with Gasteiger partial charge < -0.3 is 31.8 Å². The third-order valence-corrected chi connectivity index (χ3v) is 10.6. The minimum Gasteiger partial charge on any atom is -0.391 e. The average Bonchev–Trinajstić information content (AvgIpc) is 3.56. The Labute approximate surface area is 297 Å². The summed E-state index contributed by atoms with van der Waals surface area (Å²) in [6.07, 6.45) is 9.13. The van der Waals surface area contributed by atoms with Crippen LogP contribution in [-0.4, -0.2) is 83.3 Å². The lowest BCUT2D eigenvalue weighted by Gasteiger charge is -2.32. The summed E-state index contributed by atoms with van der Waals surface area (Å²) in [5.74, 6) is -1.24. The highest BCUT2D eigenvalue weighted by Gasteiger charge is 2.33. The normalized spacial score (nSPS) is 17.2. The SMILES string of the molecule is CCCS(=O)(=O)NC[C@H](C)C[C@H](O)[C@H](CC1CCCCC1)NC(=O)[C@H](Cc1c[nH]cn1)NC(=O)[C@H](Cc1ccccc1)NC(=O)CC(C)(C)N. The van der Waals surface area contributed by atoms with Crippen LogP contribution in [0.4, 0.5) is 0 Å². The molecule has 0 aliphatic heterocycles. The van der Waals surface area contributed by atoms with Crippen molar-refractivity contribution < 1.29 is 27.9 Å². The van der Waals surface area contributed by atoms with Crippen LogP contribution in [0.25, 0.3) is 0 Å². The summed E-state index contributed by atoms with van der Waals surface area (Å²) >= 11 is 0. The largest absolute Gasteiger partial charge is 0.391 e. The molecule has 1 saturated carbocycles. The van der Waals surface area contributed by atoms with Gasteiger partial charge in [0.2, 0.25) is 27.7 Å².